The van der Waals surface area contributed by atoms with Crippen molar-refractivity contribution < 1.29 is 27.6 Å². The summed E-state index contributed by atoms with van der Waals surface area (Å²) < 4.78 is 40.0. The molecule has 9 heteroatoms. The number of anilines is 1. The minimum absolute atomic E-state index is 0.00764. The van der Waals surface area contributed by atoms with Gasteiger partial charge in [-0.25, -0.2) is 0 Å². The summed E-state index contributed by atoms with van der Waals surface area (Å²) in [4.78, 5) is 43.3. The van der Waals surface area contributed by atoms with E-state index in [0.29, 0.717) is 4.90 Å². The molecule has 0 spiro atoms. The van der Waals surface area contributed by atoms with Crippen LogP contribution in [0.3, 0.4) is 0 Å². The van der Waals surface area contributed by atoms with Gasteiger partial charge in [-0.2, -0.15) is 13.2 Å². The van der Waals surface area contributed by atoms with E-state index >= 15 is 0 Å². The Labute approximate surface area is 202 Å². The maximum atomic E-state index is 13.5. The number of hydrogen-bond donors (Lipinski definition) is 1. The minimum Gasteiger partial charge on any atom is -0.351 e. The Kier molecular flexibility index (Phi) is 7.97. The summed E-state index contributed by atoms with van der Waals surface area (Å²) in [6, 6.07) is 7.62. The first-order valence-corrected chi connectivity index (χ1v) is 11.6. The van der Waals surface area contributed by atoms with E-state index in [4.69, 9.17) is 0 Å². The number of amides is 2. The quantitative estimate of drug-likeness (QED) is 0.577. The Morgan fingerprint density at radius 1 is 1.00 bits per heavy atom. The van der Waals surface area contributed by atoms with E-state index in [1.165, 1.54) is 36.7 Å². The zero-order valence-electron chi connectivity index (χ0n) is 20.1. The minimum atomic E-state index is -5.39. The van der Waals surface area contributed by atoms with Gasteiger partial charge in [0.05, 0.1) is 0 Å². The fourth-order valence-corrected chi connectivity index (χ4v) is 4.22. The number of hydrogen-bond acceptors (Lipinski definition) is 4. The van der Waals surface area contributed by atoms with Gasteiger partial charge in [-0.3, -0.25) is 24.3 Å². The highest BCUT2D eigenvalue weighted by atomic mass is 19.4. The predicted octanol–water partition coefficient (Wildman–Crippen LogP) is 5.03. The van der Waals surface area contributed by atoms with Crippen LogP contribution in [0.2, 0.25) is 0 Å². The van der Waals surface area contributed by atoms with Gasteiger partial charge in [0.1, 0.15) is 6.04 Å². The van der Waals surface area contributed by atoms with Crippen LogP contribution in [-0.4, -0.2) is 34.8 Å². The third kappa shape index (κ3) is 6.46. The Hall–Kier alpha value is -3.23. The molecule has 0 aliphatic heterocycles. The molecule has 6 nitrogen and oxygen atoms in total. The van der Waals surface area contributed by atoms with Gasteiger partial charge in [0.2, 0.25) is 5.91 Å². The third-order valence-corrected chi connectivity index (χ3v) is 6.14. The molecule has 35 heavy (non-hydrogen) atoms. The van der Waals surface area contributed by atoms with E-state index in [9.17, 15) is 27.6 Å². The number of aromatic nitrogens is 1. The van der Waals surface area contributed by atoms with Crippen LogP contribution in [0.15, 0.2) is 48.8 Å². The SMILES string of the molecule is CC(C)(C)c1ccc(N(C(=O)C(=O)C(F)(F)F)C(C(=O)NC2CCCCC2)c2cccnc2)cc1. The van der Waals surface area contributed by atoms with Crippen LogP contribution in [0.1, 0.15) is 70.0 Å². The van der Waals surface area contributed by atoms with Gasteiger partial charge in [0.15, 0.2) is 0 Å². The van der Waals surface area contributed by atoms with E-state index < -0.39 is 29.8 Å². The smallest absolute Gasteiger partial charge is 0.351 e. The number of ketones is 1. The summed E-state index contributed by atoms with van der Waals surface area (Å²) in [7, 11) is 0. The molecule has 1 fully saturated rings. The van der Waals surface area contributed by atoms with Crippen molar-refractivity contribution >= 4 is 23.3 Å². The first-order chi connectivity index (χ1) is 16.4. The Bertz CT molecular complexity index is 1040. The standard InChI is InChI=1S/C26H30F3N3O3/c1-25(2,3)18-11-13-20(14-12-18)32(24(35)22(33)26(27,28)29)21(17-8-7-15-30-16-17)23(34)31-19-9-5-4-6-10-19/h7-8,11-16,19,21H,4-6,9-10H2,1-3H3,(H,31,34). The van der Waals surface area contributed by atoms with Crippen LogP contribution in [0.25, 0.3) is 0 Å². The lowest BCUT2D eigenvalue weighted by molar-refractivity contribution is -0.174. The number of nitrogens with one attached hydrogen (secondary N) is 1. The second-order valence-electron chi connectivity index (χ2n) is 9.83. The maximum Gasteiger partial charge on any atom is 0.460 e. The molecular weight excluding hydrogens is 459 g/mol. The Balaban J connectivity index is 2.10. The number of alkyl halides is 3. The lowest BCUT2D eigenvalue weighted by atomic mass is 9.87. The van der Waals surface area contributed by atoms with Crippen molar-refractivity contribution in [3.8, 4) is 0 Å². The molecule has 1 N–H and O–H groups in total. The monoisotopic (exact) mass is 489 g/mol. The average Bonchev–Trinajstić information content (AvgIpc) is 2.81. The molecule has 1 aliphatic rings. The number of nitrogens with zero attached hydrogens (tertiary/aromatic N) is 2. The van der Waals surface area contributed by atoms with E-state index in [1.807, 2.05) is 20.8 Å². The van der Waals surface area contributed by atoms with E-state index in [1.54, 1.807) is 12.1 Å². The number of rotatable bonds is 6. The lowest BCUT2D eigenvalue weighted by Crippen LogP contribution is -2.51. The van der Waals surface area contributed by atoms with E-state index in [-0.39, 0.29) is 22.7 Å². The molecule has 1 aromatic carbocycles. The number of benzene rings is 1. The van der Waals surface area contributed by atoms with Crippen molar-refractivity contribution in [2.45, 2.75) is 76.6 Å². The molecule has 2 amide bonds. The topological polar surface area (TPSA) is 79.4 Å². The van der Waals surface area contributed by atoms with Crippen molar-refractivity contribution in [3.63, 3.8) is 0 Å². The highest BCUT2D eigenvalue weighted by Crippen LogP contribution is 2.32. The van der Waals surface area contributed by atoms with Crippen molar-refractivity contribution in [1.82, 2.24) is 10.3 Å². The summed E-state index contributed by atoms with van der Waals surface area (Å²) in [5.41, 5.74) is 0.827. The average molecular weight is 490 g/mol. The molecule has 1 aliphatic carbocycles. The summed E-state index contributed by atoms with van der Waals surface area (Å²) in [5.74, 6) is -5.03. The summed E-state index contributed by atoms with van der Waals surface area (Å²) >= 11 is 0. The molecule has 1 heterocycles. The molecule has 1 saturated carbocycles. The van der Waals surface area contributed by atoms with Crippen molar-refractivity contribution in [1.29, 1.82) is 0 Å². The largest absolute Gasteiger partial charge is 0.460 e. The van der Waals surface area contributed by atoms with Gasteiger partial charge in [-0.15, -0.1) is 0 Å². The van der Waals surface area contributed by atoms with Gasteiger partial charge >= 0.3 is 17.9 Å². The number of pyridine rings is 1. The zero-order valence-corrected chi connectivity index (χ0v) is 20.1. The highest BCUT2D eigenvalue weighted by molar-refractivity contribution is 6.43. The van der Waals surface area contributed by atoms with Gasteiger partial charge in [-0.1, -0.05) is 58.2 Å². The molecule has 0 radical (unpaired) electrons. The molecule has 1 atom stereocenters. The summed E-state index contributed by atoms with van der Waals surface area (Å²) in [5, 5.41) is 2.88. The summed E-state index contributed by atoms with van der Waals surface area (Å²) in [6.07, 6.45) is 1.74. The molecule has 1 unspecified atom stereocenters. The van der Waals surface area contributed by atoms with Gasteiger partial charge in [0, 0.05) is 29.7 Å². The molecule has 2 aromatic rings. The number of Topliss-reactive ketones (excluding diaryl/α,β-unsaturated/α-hetero) is 1. The molecular formula is C26H30F3N3O3. The van der Waals surface area contributed by atoms with Gasteiger partial charge in [-0.05, 0) is 42.0 Å². The van der Waals surface area contributed by atoms with Crippen LogP contribution in [0.5, 0.6) is 0 Å². The molecule has 3 rings (SSSR count). The highest BCUT2D eigenvalue weighted by Gasteiger charge is 2.48. The molecule has 188 valence electrons. The predicted molar refractivity (Wildman–Crippen MR) is 126 cm³/mol. The fraction of sp³-hybridized carbons (Fsp3) is 0.462. The number of halogens is 3. The van der Waals surface area contributed by atoms with Gasteiger partial charge < -0.3 is 5.32 Å². The fourth-order valence-electron chi connectivity index (χ4n) is 4.22. The number of carbonyl (C=O) groups is 3. The van der Waals surface area contributed by atoms with Crippen molar-refractivity contribution in [3.05, 3.63) is 59.9 Å². The third-order valence-electron chi connectivity index (χ3n) is 6.14. The van der Waals surface area contributed by atoms with E-state index in [2.05, 4.69) is 10.3 Å². The van der Waals surface area contributed by atoms with Crippen LogP contribution in [-0.2, 0) is 19.8 Å². The second-order valence-corrected chi connectivity index (χ2v) is 9.83. The first-order valence-electron chi connectivity index (χ1n) is 11.6. The maximum absolute atomic E-state index is 13.5. The Morgan fingerprint density at radius 2 is 1.63 bits per heavy atom. The molecule has 1 aromatic heterocycles. The van der Waals surface area contributed by atoms with Crippen LogP contribution < -0.4 is 10.2 Å². The molecule has 0 saturated heterocycles. The lowest BCUT2D eigenvalue weighted by Gasteiger charge is -2.33. The van der Waals surface area contributed by atoms with Crippen LogP contribution >= 0.6 is 0 Å². The first kappa shape index (κ1) is 26.4. The van der Waals surface area contributed by atoms with E-state index in [0.717, 1.165) is 37.7 Å². The molecule has 0 bridgehead atoms. The van der Waals surface area contributed by atoms with Crippen LogP contribution in [0.4, 0.5) is 18.9 Å². The zero-order chi connectivity index (χ0) is 25.8. The van der Waals surface area contributed by atoms with Crippen LogP contribution in [0, 0.1) is 0 Å². The van der Waals surface area contributed by atoms with Gasteiger partial charge in [0.25, 0.3) is 0 Å². The normalized spacial score (nSPS) is 15.8. The second kappa shape index (κ2) is 10.6. The number of carbonyl (C=O) groups excluding carboxylic acids is 3. The van der Waals surface area contributed by atoms with Crippen molar-refractivity contribution in [2.24, 2.45) is 0 Å². The Morgan fingerprint density at radius 3 is 2.14 bits per heavy atom. The summed E-state index contributed by atoms with van der Waals surface area (Å²) in [6.45, 7) is 5.90. The van der Waals surface area contributed by atoms with Crippen molar-refractivity contribution in [2.75, 3.05) is 4.90 Å².